The SMILES string of the molecule is CCC(CC)n1ccc(CNN2CCN(C)CC2)n1. The number of hydrogen-bond acceptors (Lipinski definition) is 4. The van der Waals surface area contributed by atoms with E-state index < -0.39 is 0 Å². The number of nitrogens with zero attached hydrogens (tertiary/aromatic N) is 4. The molecule has 0 bridgehead atoms. The normalized spacial score (nSPS) is 18.3. The molecule has 5 heteroatoms. The zero-order valence-corrected chi connectivity index (χ0v) is 12.5. The van der Waals surface area contributed by atoms with E-state index in [4.69, 9.17) is 0 Å². The molecule has 0 spiro atoms. The molecule has 1 saturated heterocycles. The van der Waals surface area contributed by atoms with Gasteiger partial charge in [0, 0.05) is 32.4 Å². The van der Waals surface area contributed by atoms with Crippen molar-refractivity contribution in [2.24, 2.45) is 0 Å². The highest BCUT2D eigenvalue weighted by molar-refractivity contribution is 4.99. The lowest BCUT2D eigenvalue weighted by Crippen LogP contribution is -2.50. The Labute approximate surface area is 116 Å². The van der Waals surface area contributed by atoms with Crippen LogP contribution in [0.3, 0.4) is 0 Å². The van der Waals surface area contributed by atoms with Gasteiger partial charge in [0.25, 0.3) is 0 Å². The van der Waals surface area contributed by atoms with Crippen LogP contribution in [0.15, 0.2) is 12.3 Å². The summed E-state index contributed by atoms with van der Waals surface area (Å²) in [5.74, 6) is 0. The van der Waals surface area contributed by atoms with Crippen LogP contribution < -0.4 is 5.43 Å². The summed E-state index contributed by atoms with van der Waals surface area (Å²) in [5, 5.41) is 6.97. The lowest BCUT2D eigenvalue weighted by molar-refractivity contribution is 0.101. The maximum Gasteiger partial charge on any atom is 0.0776 e. The number of aromatic nitrogens is 2. The number of hydrazine groups is 1. The quantitative estimate of drug-likeness (QED) is 0.845. The third-order valence-electron chi connectivity index (χ3n) is 3.97. The molecule has 0 amide bonds. The third kappa shape index (κ3) is 4.03. The van der Waals surface area contributed by atoms with Crippen LogP contribution in [0.4, 0.5) is 0 Å². The lowest BCUT2D eigenvalue weighted by atomic mass is 10.2. The number of nitrogens with one attached hydrogen (secondary N) is 1. The molecule has 0 radical (unpaired) electrons. The molecule has 0 atom stereocenters. The van der Waals surface area contributed by atoms with E-state index in [1.165, 1.54) is 0 Å². The van der Waals surface area contributed by atoms with Crippen LogP contribution in [0.25, 0.3) is 0 Å². The van der Waals surface area contributed by atoms with Gasteiger partial charge < -0.3 is 4.90 Å². The predicted octanol–water partition coefficient (Wildman–Crippen LogP) is 1.50. The Balaban J connectivity index is 1.80. The molecule has 0 saturated carbocycles. The van der Waals surface area contributed by atoms with Crippen LogP contribution in [-0.4, -0.2) is 52.9 Å². The standard InChI is InChI=1S/C14H27N5/c1-4-14(5-2)19-7-6-13(16-19)12-15-18-10-8-17(3)9-11-18/h6-7,14-15H,4-5,8-12H2,1-3H3. The molecule has 108 valence electrons. The van der Waals surface area contributed by atoms with Gasteiger partial charge in [0.15, 0.2) is 0 Å². The maximum atomic E-state index is 4.67. The first-order valence-corrected chi connectivity index (χ1v) is 7.44. The second-order valence-electron chi connectivity index (χ2n) is 5.38. The summed E-state index contributed by atoms with van der Waals surface area (Å²) in [4.78, 5) is 2.36. The van der Waals surface area contributed by atoms with Gasteiger partial charge in [0.1, 0.15) is 0 Å². The summed E-state index contributed by atoms with van der Waals surface area (Å²) in [5.41, 5.74) is 4.61. The molecule has 19 heavy (non-hydrogen) atoms. The molecule has 1 aromatic heterocycles. The summed E-state index contributed by atoms with van der Waals surface area (Å²) < 4.78 is 2.11. The van der Waals surface area contributed by atoms with Crippen molar-refractivity contribution in [2.75, 3.05) is 33.2 Å². The minimum atomic E-state index is 0.539. The molecule has 1 aromatic rings. The number of hydrogen-bond donors (Lipinski definition) is 1. The topological polar surface area (TPSA) is 36.3 Å². The van der Waals surface area contributed by atoms with E-state index in [0.29, 0.717) is 6.04 Å². The maximum absolute atomic E-state index is 4.67. The van der Waals surface area contributed by atoms with Crippen LogP contribution in [0.5, 0.6) is 0 Å². The van der Waals surface area contributed by atoms with Crippen LogP contribution in [0, 0.1) is 0 Å². The zero-order chi connectivity index (χ0) is 13.7. The molecule has 5 nitrogen and oxygen atoms in total. The van der Waals surface area contributed by atoms with Crippen molar-refractivity contribution >= 4 is 0 Å². The summed E-state index contributed by atoms with van der Waals surface area (Å²) in [6.07, 6.45) is 4.39. The largest absolute Gasteiger partial charge is 0.304 e. The van der Waals surface area contributed by atoms with Gasteiger partial charge >= 0.3 is 0 Å². The summed E-state index contributed by atoms with van der Waals surface area (Å²) >= 11 is 0. The van der Waals surface area contributed by atoms with Gasteiger partial charge in [-0.15, -0.1) is 0 Å². The first-order chi connectivity index (χ1) is 9.22. The van der Waals surface area contributed by atoms with E-state index in [2.05, 4.69) is 58.3 Å². The van der Waals surface area contributed by atoms with Gasteiger partial charge in [0.2, 0.25) is 0 Å². The smallest absolute Gasteiger partial charge is 0.0776 e. The molecule has 0 unspecified atom stereocenters. The first-order valence-electron chi connectivity index (χ1n) is 7.44. The third-order valence-corrected chi connectivity index (χ3v) is 3.97. The van der Waals surface area contributed by atoms with Crippen molar-refractivity contribution in [1.82, 2.24) is 25.1 Å². The van der Waals surface area contributed by atoms with Gasteiger partial charge in [-0.3, -0.25) is 4.68 Å². The molecule has 1 N–H and O–H groups in total. The lowest BCUT2D eigenvalue weighted by Gasteiger charge is -2.32. The fourth-order valence-electron chi connectivity index (χ4n) is 2.50. The molecular weight excluding hydrogens is 238 g/mol. The van der Waals surface area contributed by atoms with Crippen LogP contribution in [0.1, 0.15) is 38.4 Å². The Kier molecular flexibility index (Phi) is 5.36. The molecule has 1 fully saturated rings. The highest BCUT2D eigenvalue weighted by atomic mass is 15.5. The summed E-state index contributed by atoms with van der Waals surface area (Å²) in [6.45, 7) is 9.71. The van der Waals surface area contributed by atoms with Crippen molar-refractivity contribution in [3.05, 3.63) is 18.0 Å². The average Bonchev–Trinajstić information content (AvgIpc) is 2.88. The Bertz CT molecular complexity index is 364. The fraction of sp³-hybridized carbons (Fsp3) is 0.786. The summed E-state index contributed by atoms with van der Waals surface area (Å²) in [7, 11) is 2.18. The predicted molar refractivity (Wildman–Crippen MR) is 77.8 cm³/mol. The fourth-order valence-corrected chi connectivity index (χ4v) is 2.50. The average molecular weight is 265 g/mol. The van der Waals surface area contributed by atoms with Gasteiger partial charge in [-0.1, -0.05) is 13.8 Å². The van der Waals surface area contributed by atoms with Gasteiger partial charge in [0.05, 0.1) is 18.3 Å². The van der Waals surface area contributed by atoms with E-state index in [9.17, 15) is 0 Å². The van der Waals surface area contributed by atoms with Gasteiger partial charge in [-0.25, -0.2) is 10.4 Å². The monoisotopic (exact) mass is 265 g/mol. The van der Waals surface area contributed by atoms with E-state index in [1.54, 1.807) is 0 Å². The van der Waals surface area contributed by atoms with E-state index >= 15 is 0 Å². The Morgan fingerprint density at radius 1 is 1.21 bits per heavy atom. The Morgan fingerprint density at radius 2 is 1.89 bits per heavy atom. The van der Waals surface area contributed by atoms with Crippen LogP contribution in [0.2, 0.25) is 0 Å². The molecule has 1 aliphatic heterocycles. The van der Waals surface area contributed by atoms with Gasteiger partial charge in [-0.2, -0.15) is 5.10 Å². The van der Waals surface area contributed by atoms with Crippen molar-refractivity contribution in [1.29, 1.82) is 0 Å². The summed E-state index contributed by atoms with van der Waals surface area (Å²) in [6, 6.07) is 2.67. The molecule has 2 heterocycles. The second kappa shape index (κ2) is 7.03. The zero-order valence-electron chi connectivity index (χ0n) is 12.5. The van der Waals surface area contributed by atoms with Crippen LogP contribution in [-0.2, 0) is 6.54 Å². The minimum absolute atomic E-state index is 0.539. The number of likely N-dealkylation sites (N-methyl/N-ethyl adjacent to an activating group) is 1. The van der Waals surface area contributed by atoms with Crippen molar-refractivity contribution < 1.29 is 0 Å². The highest BCUT2D eigenvalue weighted by Crippen LogP contribution is 2.14. The van der Waals surface area contributed by atoms with Gasteiger partial charge in [-0.05, 0) is 26.0 Å². The number of piperazine rings is 1. The Hall–Kier alpha value is -0.910. The Morgan fingerprint density at radius 3 is 2.53 bits per heavy atom. The molecular formula is C14H27N5. The number of rotatable bonds is 6. The minimum Gasteiger partial charge on any atom is -0.304 e. The molecule has 0 aliphatic carbocycles. The van der Waals surface area contributed by atoms with E-state index in [-0.39, 0.29) is 0 Å². The van der Waals surface area contributed by atoms with Crippen molar-refractivity contribution in [3.8, 4) is 0 Å². The van der Waals surface area contributed by atoms with Crippen molar-refractivity contribution in [3.63, 3.8) is 0 Å². The molecule has 1 aliphatic rings. The highest BCUT2D eigenvalue weighted by Gasteiger charge is 2.13. The second-order valence-corrected chi connectivity index (χ2v) is 5.38. The molecule has 2 rings (SSSR count). The van der Waals surface area contributed by atoms with E-state index in [1.807, 2.05) is 0 Å². The molecule has 0 aromatic carbocycles. The van der Waals surface area contributed by atoms with Crippen LogP contribution >= 0.6 is 0 Å². The van der Waals surface area contributed by atoms with Crippen molar-refractivity contribution in [2.45, 2.75) is 39.3 Å². The first kappa shape index (κ1) is 14.5. The van der Waals surface area contributed by atoms with E-state index in [0.717, 1.165) is 51.3 Å².